The van der Waals surface area contributed by atoms with Crippen molar-refractivity contribution in [1.82, 2.24) is 24.5 Å². The van der Waals surface area contributed by atoms with Crippen molar-refractivity contribution in [2.24, 2.45) is 5.92 Å². The van der Waals surface area contributed by atoms with Crippen LogP contribution in [0.5, 0.6) is 0 Å². The summed E-state index contributed by atoms with van der Waals surface area (Å²) in [5.74, 6) is -0.281. The third-order valence-electron chi connectivity index (χ3n) is 5.41. The second-order valence-electron chi connectivity index (χ2n) is 7.41. The first-order valence-electron chi connectivity index (χ1n) is 9.69. The molecule has 3 heterocycles. The Hall–Kier alpha value is -2.93. The second kappa shape index (κ2) is 8.39. The minimum absolute atomic E-state index is 0.534. The molecule has 4 rings (SSSR count). The van der Waals surface area contributed by atoms with Gasteiger partial charge in [-0.3, -0.25) is 19.1 Å². The summed E-state index contributed by atoms with van der Waals surface area (Å²) in [6.07, 6.45) is 9.28. The predicted octanol–water partition coefficient (Wildman–Crippen LogP) is 2.67. The molecular weight excluding hydrogens is 354 g/mol. The van der Waals surface area contributed by atoms with E-state index >= 15 is 0 Å². The first-order valence-corrected chi connectivity index (χ1v) is 9.69. The van der Waals surface area contributed by atoms with E-state index in [0.29, 0.717) is 12.5 Å². The lowest BCUT2D eigenvalue weighted by atomic mass is 9.94. The molecule has 0 aliphatic carbocycles. The van der Waals surface area contributed by atoms with Gasteiger partial charge >= 0.3 is 5.97 Å². The van der Waals surface area contributed by atoms with Crippen LogP contribution in [0.2, 0.25) is 0 Å². The van der Waals surface area contributed by atoms with Crippen LogP contribution in [0.25, 0.3) is 0 Å². The lowest BCUT2D eigenvalue weighted by Gasteiger charge is -2.35. The molecule has 0 spiro atoms. The average molecular weight is 379 g/mol. The number of benzene rings is 1. The van der Waals surface area contributed by atoms with E-state index in [9.17, 15) is 9.90 Å². The van der Waals surface area contributed by atoms with E-state index in [2.05, 4.69) is 15.1 Å². The normalized spacial score (nSPS) is 16.9. The largest absolute Gasteiger partial charge is 0.480 e. The fraction of sp³-hybridized carbons (Fsp3) is 0.381. The van der Waals surface area contributed by atoms with E-state index in [1.807, 2.05) is 58.2 Å². The van der Waals surface area contributed by atoms with Crippen LogP contribution < -0.4 is 0 Å². The molecule has 7 heteroatoms. The Morgan fingerprint density at radius 3 is 2.57 bits per heavy atom. The molecule has 7 nitrogen and oxygen atoms in total. The standard InChI is InChI=1S/C21H25N5O2/c27-21(28)20(19-13-23-26(16-19)15-17-5-2-1-3-6-17)24-11-7-18(8-12-24)14-25-10-4-9-22-25/h1-6,9-10,13,16,18,20H,7-8,11-12,14-15H2,(H,27,28)/t20-/m0/s1. The van der Waals surface area contributed by atoms with Gasteiger partial charge in [0.1, 0.15) is 6.04 Å². The second-order valence-corrected chi connectivity index (χ2v) is 7.41. The van der Waals surface area contributed by atoms with Crippen molar-refractivity contribution in [2.45, 2.75) is 32.0 Å². The van der Waals surface area contributed by atoms with Crippen LogP contribution >= 0.6 is 0 Å². The summed E-state index contributed by atoms with van der Waals surface area (Å²) >= 11 is 0. The van der Waals surface area contributed by atoms with Gasteiger partial charge in [0.15, 0.2) is 0 Å². The van der Waals surface area contributed by atoms with Crippen LogP contribution in [0.1, 0.15) is 30.0 Å². The Morgan fingerprint density at radius 2 is 1.89 bits per heavy atom. The van der Waals surface area contributed by atoms with Gasteiger partial charge in [-0.05, 0) is 43.5 Å². The molecular formula is C21H25N5O2. The fourth-order valence-electron chi connectivity index (χ4n) is 3.95. The van der Waals surface area contributed by atoms with Gasteiger partial charge in [-0.15, -0.1) is 0 Å². The number of rotatable bonds is 7. The van der Waals surface area contributed by atoms with Crippen molar-refractivity contribution in [3.8, 4) is 0 Å². The van der Waals surface area contributed by atoms with E-state index in [0.717, 1.165) is 43.6 Å². The Balaban J connectivity index is 1.40. The fourth-order valence-corrected chi connectivity index (χ4v) is 3.95. The van der Waals surface area contributed by atoms with E-state index in [4.69, 9.17) is 0 Å². The molecule has 3 aromatic rings. The number of aromatic nitrogens is 4. The molecule has 0 radical (unpaired) electrons. The van der Waals surface area contributed by atoms with Crippen molar-refractivity contribution in [3.05, 3.63) is 72.3 Å². The van der Waals surface area contributed by atoms with E-state index in [-0.39, 0.29) is 0 Å². The predicted molar refractivity (Wildman–Crippen MR) is 105 cm³/mol. The van der Waals surface area contributed by atoms with E-state index in [1.165, 1.54) is 0 Å². The van der Waals surface area contributed by atoms with E-state index in [1.54, 1.807) is 12.4 Å². The first-order chi connectivity index (χ1) is 13.7. The molecule has 1 aliphatic heterocycles. The minimum atomic E-state index is -0.815. The monoisotopic (exact) mass is 379 g/mol. The maximum absolute atomic E-state index is 12.0. The number of carbonyl (C=O) groups is 1. The van der Waals surface area contributed by atoms with Crippen LogP contribution in [0.15, 0.2) is 61.2 Å². The van der Waals surface area contributed by atoms with Crippen molar-refractivity contribution in [3.63, 3.8) is 0 Å². The zero-order valence-corrected chi connectivity index (χ0v) is 15.8. The number of hydrogen-bond acceptors (Lipinski definition) is 4. The topological polar surface area (TPSA) is 76.2 Å². The Morgan fingerprint density at radius 1 is 1.11 bits per heavy atom. The number of carboxylic acids is 1. The minimum Gasteiger partial charge on any atom is -0.480 e. The highest BCUT2D eigenvalue weighted by Crippen LogP contribution is 2.28. The van der Waals surface area contributed by atoms with Gasteiger partial charge in [0.25, 0.3) is 0 Å². The number of hydrogen-bond donors (Lipinski definition) is 1. The summed E-state index contributed by atoms with van der Waals surface area (Å²) in [6.45, 7) is 3.08. The van der Waals surface area contributed by atoms with Crippen molar-refractivity contribution < 1.29 is 9.90 Å². The Kier molecular flexibility index (Phi) is 5.53. The molecule has 1 atom stereocenters. The van der Waals surface area contributed by atoms with Gasteiger partial charge in [0.2, 0.25) is 0 Å². The molecule has 0 unspecified atom stereocenters. The molecule has 2 aromatic heterocycles. The number of likely N-dealkylation sites (tertiary alicyclic amines) is 1. The highest BCUT2D eigenvalue weighted by molar-refractivity contribution is 5.75. The SMILES string of the molecule is O=C(O)[C@H](c1cnn(Cc2ccccc2)c1)N1CCC(Cn2cccn2)CC1. The number of piperidine rings is 1. The summed E-state index contributed by atoms with van der Waals surface area (Å²) in [4.78, 5) is 14.1. The third kappa shape index (κ3) is 4.31. The van der Waals surface area contributed by atoms with Crippen molar-refractivity contribution in [1.29, 1.82) is 0 Å². The maximum atomic E-state index is 12.0. The summed E-state index contributed by atoms with van der Waals surface area (Å²) in [5, 5.41) is 18.5. The zero-order valence-electron chi connectivity index (χ0n) is 15.8. The Bertz CT molecular complexity index is 883. The highest BCUT2D eigenvalue weighted by atomic mass is 16.4. The summed E-state index contributed by atoms with van der Waals surface area (Å²) < 4.78 is 3.77. The summed E-state index contributed by atoms with van der Waals surface area (Å²) in [6, 6.07) is 11.3. The Labute approximate surface area is 164 Å². The number of aliphatic carboxylic acids is 1. The molecule has 28 heavy (non-hydrogen) atoms. The summed E-state index contributed by atoms with van der Waals surface area (Å²) in [5.41, 5.74) is 1.89. The lowest BCUT2D eigenvalue weighted by Crippen LogP contribution is -2.40. The molecule has 0 saturated carbocycles. The van der Waals surface area contributed by atoms with Gasteiger partial charge in [-0.2, -0.15) is 10.2 Å². The van der Waals surface area contributed by atoms with Crippen LogP contribution in [-0.4, -0.2) is 48.6 Å². The van der Waals surface area contributed by atoms with Crippen molar-refractivity contribution in [2.75, 3.05) is 13.1 Å². The molecule has 146 valence electrons. The molecule has 0 bridgehead atoms. The molecule has 1 fully saturated rings. The number of nitrogens with zero attached hydrogens (tertiary/aromatic N) is 5. The molecule has 1 aliphatic rings. The highest BCUT2D eigenvalue weighted by Gasteiger charge is 2.32. The lowest BCUT2D eigenvalue weighted by molar-refractivity contribution is -0.144. The van der Waals surface area contributed by atoms with Gasteiger partial charge in [-0.25, -0.2) is 0 Å². The smallest absolute Gasteiger partial charge is 0.325 e. The van der Waals surface area contributed by atoms with Crippen LogP contribution in [0.3, 0.4) is 0 Å². The quantitative estimate of drug-likeness (QED) is 0.683. The summed E-state index contributed by atoms with van der Waals surface area (Å²) in [7, 11) is 0. The third-order valence-corrected chi connectivity index (χ3v) is 5.41. The molecule has 0 amide bonds. The average Bonchev–Trinajstić information content (AvgIpc) is 3.36. The van der Waals surface area contributed by atoms with Crippen LogP contribution in [0.4, 0.5) is 0 Å². The number of carboxylic acid groups (broad SMARTS) is 1. The molecule has 1 aromatic carbocycles. The van der Waals surface area contributed by atoms with Crippen LogP contribution in [0, 0.1) is 5.92 Å². The van der Waals surface area contributed by atoms with Crippen molar-refractivity contribution >= 4 is 5.97 Å². The van der Waals surface area contributed by atoms with Gasteiger partial charge < -0.3 is 5.11 Å². The van der Waals surface area contributed by atoms with E-state index < -0.39 is 12.0 Å². The molecule has 1 saturated heterocycles. The first kappa shape index (κ1) is 18.4. The molecule has 1 N–H and O–H groups in total. The van der Waals surface area contributed by atoms with Gasteiger partial charge in [0.05, 0.1) is 12.7 Å². The van der Waals surface area contributed by atoms with Crippen LogP contribution in [-0.2, 0) is 17.9 Å². The van der Waals surface area contributed by atoms with Gasteiger partial charge in [-0.1, -0.05) is 30.3 Å². The maximum Gasteiger partial charge on any atom is 0.325 e. The van der Waals surface area contributed by atoms with Gasteiger partial charge in [0, 0.05) is 30.7 Å². The zero-order chi connectivity index (χ0) is 19.3.